The van der Waals surface area contributed by atoms with Gasteiger partial charge in [-0.25, -0.2) is 17.8 Å². The standard InChI is InChI=1S/C24H31ClFN5O4S/c1-4-6-17-20-21(29(3)22(17)25)24(32)28-23(27-20)18-15-16(7-8-19(18)35-5-2)36(33,34)31-13-11-30(10-9-26)12-14-31/h7-8,15H,4-6,9-14H2,1-3H3,(H,27,28,32). The quantitative estimate of drug-likeness (QED) is 0.448. The van der Waals surface area contributed by atoms with Crippen LogP contribution in [0.1, 0.15) is 25.8 Å². The minimum Gasteiger partial charge on any atom is -0.493 e. The number of aryl methyl sites for hydroxylation is 2. The number of hydrogen-bond acceptors (Lipinski definition) is 6. The predicted octanol–water partition coefficient (Wildman–Crippen LogP) is 3.21. The number of aromatic amines is 1. The SMILES string of the molecule is CCCc1c(Cl)n(C)c2c(=O)[nH]c(-c3cc(S(=O)(=O)N4CCN(CCF)CC4)ccc3OCC)nc12. The number of nitrogens with zero attached hydrogens (tertiary/aromatic N) is 4. The van der Waals surface area contributed by atoms with Crippen molar-refractivity contribution in [3.05, 3.63) is 39.3 Å². The topological polar surface area (TPSA) is 101 Å². The van der Waals surface area contributed by atoms with Gasteiger partial charge in [0.25, 0.3) is 5.56 Å². The summed E-state index contributed by atoms with van der Waals surface area (Å²) in [5.41, 5.74) is 1.62. The van der Waals surface area contributed by atoms with Crippen molar-refractivity contribution in [3.8, 4) is 17.1 Å². The molecule has 4 rings (SSSR count). The Labute approximate surface area is 214 Å². The second-order valence-electron chi connectivity index (χ2n) is 8.72. The largest absolute Gasteiger partial charge is 0.493 e. The maximum atomic E-state index is 13.5. The molecule has 2 aromatic heterocycles. The number of nitrogens with one attached hydrogen (secondary N) is 1. The van der Waals surface area contributed by atoms with Gasteiger partial charge < -0.3 is 14.3 Å². The van der Waals surface area contributed by atoms with Gasteiger partial charge in [0.05, 0.1) is 17.1 Å². The molecule has 0 radical (unpaired) electrons. The summed E-state index contributed by atoms with van der Waals surface area (Å²) in [6.07, 6.45) is 1.46. The van der Waals surface area contributed by atoms with Crippen LogP contribution in [0.25, 0.3) is 22.4 Å². The van der Waals surface area contributed by atoms with E-state index in [0.717, 1.165) is 12.0 Å². The van der Waals surface area contributed by atoms with Crippen LogP contribution in [-0.4, -0.2) is 78.2 Å². The van der Waals surface area contributed by atoms with E-state index in [1.165, 1.54) is 16.4 Å². The Balaban J connectivity index is 1.80. The third-order valence-electron chi connectivity index (χ3n) is 6.44. The molecule has 0 unspecified atom stereocenters. The van der Waals surface area contributed by atoms with Crippen LogP contribution in [0.5, 0.6) is 5.75 Å². The first-order valence-corrected chi connectivity index (χ1v) is 13.9. The van der Waals surface area contributed by atoms with Gasteiger partial charge in [-0.05, 0) is 31.5 Å². The van der Waals surface area contributed by atoms with Crippen LogP contribution in [0.2, 0.25) is 5.15 Å². The molecule has 1 N–H and O–H groups in total. The molecule has 196 valence electrons. The Morgan fingerprint density at radius 1 is 1.19 bits per heavy atom. The van der Waals surface area contributed by atoms with Gasteiger partial charge in [-0.15, -0.1) is 0 Å². The third-order valence-corrected chi connectivity index (χ3v) is 8.81. The molecule has 1 aromatic carbocycles. The molecule has 0 atom stereocenters. The number of rotatable bonds is 9. The molecule has 36 heavy (non-hydrogen) atoms. The fourth-order valence-corrected chi connectivity index (χ4v) is 6.30. The third kappa shape index (κ3) is 4.89. The van der Waals surface area contributed by atoms with E-state index < -0.39 is 16.7 Å². The van der Waals surface area contributed by atoms with E-state index in [-0.39, 0.29) is 29.4 Å². The molecule has 1 aliphatic rings. The molecule has 0 aliphatic carbocycles. The first-order valence-electron chi connectivity index (χ1n) is 12.1. The molecular formula is C24H31ClFN5O4S. The van der Waals surface area contributed by atoms with Crippen LogP contribution in [-0.2, 0) is 23.5 Å². The number of ether oxygens (including phenoxy) is 1. The minimum atomic E-state index is -3.82. The number of halogens is 2. The predicted molar refractivity (Wildman–Crippen MR) is 138 cm³/mol. The number of aromatic nitrogens is 3. The number of benzene rings is 1. The van der Waals surface area contributed by atoms with Gasteiger partial charge in [0.2, 0.25) is 10.0 Å². The summed E-state index contributed by atoms with van der Waals surface area (Å²) in [5, 5.41) is 0.454. The number of fused-ring (bicyclic) bond motifs is 1. The van der Waals surface area contributed by atoms with Crippen molar-refractivity contribution >= 4 is 32.7 Å². The highest BCUT2D eigenvalue weighted by molar-refractivity contribution is 7.89. The summed E-state index contributed by atoms with van der Waals surface area (Å²) >= 11 is 6.50. The highest BCUT2D eigenvalue weighted by atomic mass is 35.5. The number of hydrogen-bond donors (Lipinski definition) is 1. The van der Waals surface area contributed by atoms with Gasteiger partial charge in [0.15, 0.2) is 0 Å². The molecule has 3 aromatic rings. The molecular weight excluding hydrogens is 509 g/mol. The lowest BCUT2D eigenvalue weighted by Gasteiger charge is -2.33. The van der Waals surface area contributed by atoms with Crippen molar-refractivity contribution in [2.45, 2.75) is 31.6 Å². The lowest BCUT2D eigenvalue weighted by molar-refractivity contribution is 0.177. The van der Waals surface area contributed by atoms with E-state index in [4.69, 9.17) is 21.3 Å². The van der Waals surface area contributed by atoms with E-state index in [0.29, 0.717) is 60.2 Å². The molecule has 0 spiro atoms. The highest BCUT2D eigenvalue weighted by Gasteiger charge is 2.30. The maximum absolute atomic E-state index is 13.5. The van der Waals surface area contributed by atoms with E-state index in [9.17, 15) is 17.6 Å². The van der Waals surface area contributed by atoms with Crippen molar-refractivity contribution in [1.29, 1.82) is 0 Å². The van der Waals surface area contributed by atoms with E-state index in [1.807, 2.05) is 18.7 Å². The average Bonchev–Trinajstić information content (AvgIpc) is 3.10. The van der Waals surface area contributed by atoms with Crippen LogP contribution in [0.4, 0.5) is 4.39 Å². The van der Waals surface area contributed by atoms with Crippen molar-refractivity contribution in [3.63, 3.8) is 0 Å². The molecule has 0 amide bonds. The number of alkyl halides is 1. The molecule has 1 saturated heterocycles. The van der Waals surface area contributed by atoms with Gasteiger partial charge in [0.1, 0.15) is 34.4 Å². The zero-order chi connectivity index (χ0) is 26.0. The molecule has 3 heterocycles. The lowest BCUT2D eigenvalue weighted by Crippen LogP contribution is -2.49. The van der Waals surface area contributed by atoms with Crippen LogP contribution in [0, 0.1) is 0 Å². The summed E-state index contributed by atoms with van der Waals surface area (Å²) in [6.45, 7) is 5.50. The fraction of sp³-hybridized carbons (Fsp3) is 0.500. The number of piperazine rings is 1. The zero-order valence-electron chi connectivity index (χ0n) is 20.7. The van der Waals surface area contributed by atoms with Crippen molar-refractivity contribution < 1.29 is 17.5 Å². The Bertz CT molecular complexity index is 1410. The Morgan fingerprint density at radius 3 is 2.56 bits per heavy atom. The van der Waals surface area contributed by atoms with Gasteiger partial charge >= 0.3 is 0 Å². The summed E-state index contributed by atoms with van der Waals surface area (Å²) in [5.74, 6) is 0.617. The normalized spacial score (nSPS) is 15.6. The molecule has 9 nitrogen and oxygen atoms in total. The monoisotopic (exact) mass is 539 g/mol. The molecule has 0 saturated carbocycles. The fourth-order valence-electron chi connectivity index (χ4n) is 4.58. The van der Waals surface area contributed by atoms with Gasteiger partial charge in [-0.2, -0.15) is 4.31 Å². The smallest absolute Gasteiger partial charge is 0.275 e. The van der Waals surface area contributed by atoms with Crippen LogP contribution in [0.3, 0.4) is 0 Å². The van der Waals surface area contributed by atoms with Crippen molar-refractivity contribution in [2.24, 2.45) is 7.05 Å². The first-order chi connectivity index (χ1) is 17.2. The lowest BCUT2D eigenvalue weighted by atomic mass is 10.1. The zero-order valence-corrected chi connectivity index (χ0v) is 22.3. The minimum absolute atomic E-state index is 0.0718. The summed E-state index contributed by atoms with van der Waals surface area (Å²) in [4.78, 5) is 22.6. The van der Waals surface area contributed by atoms with Crippen LogP contribution >= 0.6 is 11.6 Å². The Hall–Kier alpha value is -2.47. The number of H-pyrrole nitrogens is 1. The average molecular weight is 540 g/mol. The second-order valence-corrected chi connectivity index (χ2v) is 11.0. The molecule has 0 bridgehead atoms. The Morgan fingerprint density at radius 2 is 1.92 bits per heavy atom. The maximum Gasteiger partial charge on any atom is 0.275 e. The molecule has 12 heteroatoms. The summed E-state index contributed by atoms with van der Waals surface area (Å²) in [6, 6.07) is 4.57. The summed E-state index contributed by atoms with van der Waals surface area (Å²) in [7, 11) is -2.11. The second kappa shape index (κ2) is 10.9. The van der Waals surface area contributed by atoms with E-state index in [1.54, 1.807) is 17.7 Å². The van der Waals surface area contributed by atoms with E-state index >= 15 is 0 Å². The summed E-state index contributed by atoms with van der Waals surface area (Å²) < 4.78 is 48.3. The van der Waals surface area contributed by atoms with Crippen LogP contribution in [0.15, 0.2) is 27.9 Å². The Kier molecular flexibility index (Phi) is 8.03. The van der Waals surface area contributed by atoms with Crippen LogP contribution < -0.4 is 10.3 Å². The first kappa shape index (κ1) is 26.6. The van der Waals surface area contributed by atoms with Gasteiger partial charge in [0, 0.05) is 45.3 Å². The van der Waals surface area contributed by atoms with Crippen molar-refractivity contribution in [1.82, 2.24) is 23.7 Å². The van der Waals surface area contributed by atoms with Crippen molar-refractivity contribution in [2.75, 3.05) is 46.0 Å². The molecule has 1 fully saturated rings. The van der Waals surface area contributed by atoms with Gasteiger partial charge in [-0.1, -0.05) is 24.9 Å². The highest BCUT2D eigenvalue weighted by Crippen LogP contribution is 2.34. The van der Waals surface area contributed by atoms with Gasteiger partial charge in [-0.3, -0.25) is 9.69 Å². The molecule has 1 aliphatic heterocycles. The van der Waals surface area contributed by atoms with E-state index in [2.05, 4.69) is 4.98 Å². The number of sulfonamides is 1.